The number of hydrogen-bond donors (Lipinski definition) is 0. The van der Waals surface area contributed by atoms with Crippen LogP contribution in [0.4, 0.5) is 0 Å². The van der Waals surface area contributed by atoms with E-state index in [4.69, 9.17) is 4.74 Å². The molecular formula is C18H23N2O2+. The van der Waals surface area contributed by atoms with E-state index >= 15 is 0 Å². The maximum Gasteiger partial charge on any atom is 0.307 e. The molecule has 1 aromatic carbocycles. The third-order valence-electron chi connectivity index (χ3n) is 4.14. The minimum atomic E-state index is -0.134. The van der Waals surface area contributed by atoms with E-state index in [-0.39, 0.29) is 5.97 Å². The fourth-order valence-corrected chi connectivity index (χ4v) is 3.08. The third-order valence-corrected chi connectivity index (χ3v) is 4.14. The number of hydrogen-bond acceptors (Lipinski definition) is 2. The molecule has 1 aliphatic heterocycles. The normalized spacial score (nSPS) is 14.5. The van der Waals surface area contributed by atoms with Crippen molar-refractivity contribution in [3.05, 3.63) is 36.0 Å². The molecule has 0 N–H and O–H groups in total. The van der Waals surface area contributed by atoms with Crippen LogP contribution in [0.3, 0.4) is 0 Å². The minimum absolute atomic E-state index is 0.134. The Morgan fingerprint density at radius 2 is 2.09 bits per heavy atom. The van der Waals surface area contributed by atoms with E-state index in [1.165, 1.54) is 29.3 Å². The van der Waals surface area contributed by atoms with Gasteiger partial charge in [-0.2, -0.15) is 0 Å². The Morgan fingerprint density at radius 3 is 2.86 bits per heavy atom. The van der Waals surface area contributed by atoms with Gasteiger partial charge in [-0.25, -0.2) is 4.58 Å². The zero-order valence-electron chi connectivity index (χ0n) is 13.1. The van der Waals surface area contributed by atoms with Gasteiger partial charge < -0.3 is 9.30 Å². The molecular weight excluding hydrogens is 276 g/mol. The van der Waals surface area contributed by atoms with Crippen LogP contribution in [0.15, 0.2) is 30.5 Å². The zero-order chi connectivity index (χ0) is 15.4. The van der Waals surface area contributed by atoms with Gasteiger partial charge in [0, 0.05) is 36.5 Å². The number of benzene rings is 1. The lowest BCUT2D eigenvalue weighted by Crippen LogP contribution is -2.09. The minimum Gasteiger partial charge on any atom is -0.466 e. The van der Waals surface area contributed by atoms with Gasteiger partial charge in [-0.15, -0.1) is 0 Å². The molecule has 4 heteroatoms. The van der Waals surface area contributed by atoms with E-state index in [1.54, 1.807) is 0 Å². The van der Waals surface area contributed by atoms with E-state index in [0.29, 0.717) is 19.6 Å². The topological polar surface area (TPSA) is 34.2 Å². The van der Waals surface area contributed by atoms with Gasteiger partial charge in [0.1, 0.15) is 13.1 Å². The number of carbonyl (C=O) groups is 1. The predicted molar refractivity (Wildman–Crippen MR) is 87.6 cm³/mol. The first-order chi connectivity index (χ1) is 10.8. The molecule has 0 aliphatic carbocycles. The summed E-state index contributed by atoms with van der Waals surface area (Å²) in [5.74, 6) is -0.134. The number of aromatic nitrogens is 1. The predicted octanol–water partition coefficient (Wildman–Crippen LogP) is 2.82. The first-order valence-electron chi connectivity index (χ1n) is 8.10. The van der Waals surface area contributed by atoms with Crippen molar-refractivity contribution < 1.29 is 14.1 Å². The number of carbonyl (C=O) groups excluding carboxylic acids is 1. The maximum absolute atomic E-state index is 11.6. The molecule has 1 saturated heterocycles. The molecule has 0 atom stereocenters. The van der Waals surface area contributed by atoms with E-state index in [2.05, 4.69) is 39.8 Å². The van der Waals surface area contributed by atoms with Gasteiger partial charge in [0.05, 0.1) is 18.6 Å². The van der Waals surface area contributed by atoms with Crippen molar-refractivity contribution in [2.75, 3.05) is 19.7 Å². The summed E-state index contributed by atoms with van der Waals surface area (Å²) in [6, 6.07) is 8.38. The number of para-hydroxylation sites is 1. The Kier molecular flexibility index (Phi) is 4.56. The van der Waals surface area contributed by atoms with Gasteiger partial charge in [-0.1, -0.05) is 18.2 Å². The molecule has 2 aromatic rings. The fraction of sp³-hybridized carbons (Fsp3) is 0.444. The zero-order valence-corrected chi connectivity index (χ0v) is 13.1. The van der Waals surface area contributed by atoms with Crippen LogP contribution in [-0.4, -0.2) is 41.0 Å². The maximum atomic E-state index is 11.6. The van der Waals surface area contributed by atoms with Crippen molar-refractivity contribution >= 4 is 23.1 Å². The van der Waals surface area contributed by atoms with E-state index in [0.717, 1.165) is 13.1 Å². The Hall–Kier alpha value is -2.10. The van der Waals surface area contributed by atoms with Gasteiger partial charge in [-0.3, -0.25) is 4.79 Å². The molecule has 22 heavy (non-hydrogen) atoms. The van der Waals surface area contributed by atoms with Crippen LogP contribution in [-0.2, 0) is 16.1 Å². The summed E-state index contributed by atoms with van der Waals surface area (Å²) >= 11 is 0. The van der Waals surface area contributed by atoms with Crippen LogP contribution in [0.1, 0.15) is 31.7 Å². The molecule has 4 nitrogen and oxygen atoms in total. The second kappa shape index (κ2) is 6.77. The number of fused-ring (bicyclic) bond motifs is 1. The largest absolute Gasteiger partial charge is 0.466 e. The van der Waals surface area contributed by atoms with Gasteiger partial charge in [0.2, 0.25) is 0 Å². The molecule has 0 unspecified atom stereocenters. The third kappa shape index (κ3) is 3.21. The molecule has 0 spiro atoms. The van der Waals surface area contributed by atoms with Gasteiger partial charge in [0.15, 0.2) is 6.21 Å². The lowest BCUT2D eigenvalue weighted by molar-refractivity contribution is -0.500. The van der Waals surface area contributed by atoms with Crippen molar-refractivity contribution in [3.63, 3.8) is 0 Å². The quantitative estimate of drug-likeness (QED) is 0.628. The van der Waals surface area contributed by atoms with Crippen molar-refractivity contribution in [3.8, 4) is 0 Å². The lowest BCUT2D eigenvalue weighted by Gasteiger charge is -2.04. The lowest BCUT2D eigenvalue weighted by atomic mass is 10.2. The van der Waals surface area contributed by atoms with E-state index in [9.17, 15) is 4.79 Å². The highest BCUT2D eigenvalue weighted by Crippen LogP contribution is 2.21. The molecule has 1 aliphatic rings. The summed E-state index contributed by atoms with van der Waals surface area (Å²) in [5, 5.41) is 1.25. The SMILES string of the molecule is CCOC(=O)CCn1cc(C=[N+]2CCCC2)c2ccccc21. The molecule has 1 fully saturated rings. The molecule has 116 valence electrons. The molecule has 0 bridgehead atoms. The smallest absolute Gasteiger partial charge is 0.307 e. The summed E-state index contributed by atoms with van der Waals surface area (Å²) in [4.78, 5) is 11.6. The summed E-state index contributed by atoms with van der Waals surface area (Å²) in [6.45, 7) is 5.23. The second-order valence-electron chi connectivity index (χ2n) is 5.72. The summed E-state index contributed by atoms with van der Waals surface area (Å²) in [7, 11) is 0. The van der Waals surface area contributed by atoms with E-state index < -0.39 is 0 Å². The van der Waals surface area contributed by atoms with Crippen LogP contribution >= 0.6 is 0 Å². The number of aryl methyl sites for hydroxylation is 1. The molecule has 1 aromatic heterocycles. The average molecular weight is 299 g/mol. The number of nitrogens with zero attached hydrogens (tertiary/aromatic N) is 2. The van der Waals surface area contributed by atoms with Crippen molar-refractivity contribution in [1.29, 1.82) is 0 Å². The highest BCUT2D eigenvalue weighted by atomic mass is 16.5. The van der Waals surface area contributed by atoms with Gasteiger partial charge in [0.25, 0.3) is 0 Å². The Labute approximate surface area is 131 Å². The fourth-order valence-electron chi connectivity index (χ4n) is 3.08. The highest BCUT2D eigenvalue weighted by molar-refractivity contribution is 5.98. The average Bonchev–Trinajstić information content (AvgIpc) is 3.15. The van der Waals surface area contributed by atoms with Crippen LogP contribution in [0.25, 0.3) is 10.9 Å². The van der Waals surface area contributed by atoms with Crippen LogP contribution in [0, 0.1) is 0 Å². The Bertz CT molecular complexity index is 692. The monoisotopic (exact) mass is 299 g/mol. The number of ether oxygens (including phenoxy) is 1. The Balaban J connectivity index is 1.87. The van der Waals surface area contributed by atoms with Crippen LogP contribution in [0.5, 0.6) is 0 Å². The molecule has 0 amide bonds. The van der Waals surface area contributed by atoms with Crippen LogP contribution < -0.4 is 0 Å². The number of esters is 1. The van der Waals surface area contributed by atoms with Crippen LogP contribution in [0.2, 0.25) is 0 Å². The highest BCUT2D eigenvalue weighted by Gasteiger charge is 2.15. The van der Waals surface area contributed by atoms with Gasteiger partial charge >= 0.3 is 5.97 Å². The molecule has 0 saturated carbocycles. The Morgan fingerprint density at radius 1 is 1.32 bits per heavy atom. The standard InChI is InChI=1S/C18H23N2O2/c1-2-22-18(21)9-12-20-14-15(13-19-10-5-6-11-19)16-7-3-4-8-17(16)20/h3-4,7-8,13-14H,2,5-6,9-12H2,1H3/q+1. The van der Waals surface area contributed by atoms with Crippen molar-refractivity contribution in [2.24, 2.45) is 0 Å². The molecule has 3 rings (SSSR count). The molecule has 0 radical (unpaired) electrons. The number of rotatable bonds is 5. The van der Waals surface area contributed by atoms with Gasteiger partial charge in [-0.05, 0) is 13.0 Å². The first kappa shape index (κ1) is 14.8. The summed E-state index contributed by atoms with van der Waals surface area (Å²) in [6.07, 6.45) is 7.38. The summed E-state index contributed by atoms with van der Waals surface area (Å²) in [5.41, 5.74) is 2.42. The van der Waals surface area contributed by atoms with Crippen molar-refractivity contribution in [2.45, 2.75) is 32.7 Å². The second-order valence-corrected chi connectivity index (χ2v) is 5.72. The van der Waals surface area contributed by atoms with E-state index in [1.807, 2.05) is 13.0 Å². The summed E-state index contributed by atoms with van der Waals surface area (Å²) < 4.78 is 9.57. The first-order valence-corrected chi connectivity index (χ1v) is 8.10. The van der Waals surface area contributed by atoms with Crippen molar-refractivity contribution in [1.82, 2.24) is 4.57 Å². The molecule has 2 heterocycles.